The molecule has 4 atom stereocenters. The zero-order valence-corrected chi connectivity index (χ0v) is 19.9. The number of nitriles is 1. The van der Waals surface area contributed by atoms with E-state index in [9.17, 15) is 22.8 Å². The highest BCUT2D eigenvalue weighted by Gasteiger charge is 2.71. The molecular formula is C26H24F3N3O4. The van der Waals surface area contributed by atoms with Gasteiger partial charge in [-0.1, -0.05) is 12.1 Å². The molecule has 3 saturated heterocycles. The van der Waals surface area contributed by atoms with Crippen LogP contribution in [0.1, 0.15) is 30.5 Å². The quantitative estimate of drug-likeness (QED) is 0.596. The monoisotopic (exact) mass is 499 g/mol. The number of carbonyl (C=O) groups is 2. The van der Waals surface area contributed by atoms with Gasteiger partial charge in [-0.05, 0) is 49.7 Å². The summed E-state index contributed by atoms with van der Waals surface area (Å²) in [5.41, 5.74) is -2.94. The molecule has 36 heavy (non-hydrogen) atoms. The van der Waals surface area contributed by atoms with Crippen LogP contribution >= 0.6 is 0 Å². The summed E-state index contributed by atoms with van der Waals surface area (Å²) in [7, 11) is 1.59. The number of ether oxygens (including phenoxy) is 2. The average Bonchev–Trinajstić information content (AvgIpc) is 3.18. The van der Waals surface area contributed by atoms with Crippen LogP contribution in [0.4, 0.5) is 18.9 Å². The number of amides is 2. The van der Waals surface area contributed by atoms with Crippen molar-refractivity contribution < 1.29 is 32.2 Å². The fourth-order valence-corrected chi connectivity index (χ4v) is 6.16. The molecular weight excluding hydrogens is 475 g/mol. The lowest BCUT2D eigenvalue weighted by Crippen LogP contribution is -2.57. The number of morpholine rings is 1. The molecule has 2 bridgehead atoms. The Morgan fingerprint density at radius 2 is 1.72 bits per heavy atom. The van der Waals surface area contributed by atoms with Crippen LogP contribution in [0, 0.1) is 23.2 Å². The number of carbonyl (C=O) groups excluding carboxylic acids is 2. The molecule has 3 aliphatic heterocycles. The Kier molecular flexibility index (Phi) is 5.43. The van der Waals surface area contributed by atoms with Crippen molar-refractivity contribution in [2.75, 3.05) is 25.1 Å². The van der Waals surface area contributed by atoms with Gasteiger partial charge in [-0.25, -0.2) is 4.90 Å². The van der Waals surface area contributed by atoms with Crippen LogP contribution in [0.3, 0.4) is 0 Å². The minimum Gasteiger partial charge on any atom is -0.497 e. The number of alkyl halides is 3. The van der Waals surface area contributed by atoms with E-state index in [0.29, 0.717) is 25.7 Å². The first kappa shape index (κ1) is 24.3. The molecule has 188 valence electrons. The van der Waals surface area contributed by atoms with Crippen LogP contribution in [-0.4, -0.2) is 48.1 Å². The molecule has 0 N–H and O–H groups in total. The molecule has 0 aromatic heterocycles. The molecule has 10 heteroatoms. The second-order valence-corrected chi connectivity index (χ2v) is 10.0. The van der Waals surface area contributed by atoms with Crippen LogP contribution in [0.5, 0.6) is 5.75 Å². The number of rotatable bonds is 4. The van der Waals surface area contributed by atoms with Gasteiger partial charge in [0.1, 0.15) is 5.75 Å². The Bertz CT molecular complexity index is 1270. The number of benzene rings is 2. The Hall–Kier alpha value is -3.42. The van der Waals surface area contributed by atoms with Gasteiger partial charge in [0.05, 0.1) is 53.0 Å². The van der Waals surface area contributed by atoms with Gasteiger partial charge >= 0.3 is 6.18 Å². The van der Waals surface area contributed by atoms with Crippen LogP contribution < -0.4 is 9.64 Å². The maximum absolute atomic E-state index is 13.6. The van der Waals surface area contributed by atoms with Crippen molar-refractivity contribution >= 4 is 17.5 Å². The van der Waals surface area contributed by atoms with E-state index in [1.54, 1.807) is 21.0 Å². The van der Waals surface area contributed by atoms with E-state index in [4.69, 9.17) is 14.7 Å². The van der Waals surface area contributed by atoms with E-state index in [-0.39, 0.29) is 5.69 Å². The Morgan fingerprint density at radius 1 is 1.08 bits per heavy atom. The van der Waals surface area contributed by atoms with Gasteiger partial charge in [-0.2, -0.15) is 18.4 Å². The number of methoxy groups -OCH3 is 1. The van der Waals surface area contributed by atoms with Crippen molar-refractivity contribution in [3.05, 3.63) is 59.2 Å². The summed E-state index contributed by atoms with van der Waals surface area (Å²) in [6.07, 6.45) is -4.80. The highest BCUT2D eigenvalue weighted by atomic mass is 19.4. The lowest BCUT2D eigenvalue weighted by atomic mass is 9.79. The van der Waals surface area contributed by atoms with Crippen LogP contribution in [0.25, 0.3) is 0 Å². The summed E-state index contributed by atoms with van der Waals surface area (Å²) < 4.78 is 52.2. The van der Waals surface area contributed by atoms with Crippen LogP contribution in [-0.2, 0) is 27.0 Å². The third-order valence-corrected chi connectivity index (χ3v) is 7.39. The van der Waals surface area contributed by atoms with E-state index < -0.39 is 52.2 Å². The predicted molar refractivity (Wildman–Crippen MR) is 122 cm³/mol. The maximum atomic E-state index is 13.6. The molecule has 1 unspecified atom stereocenters. The Labute approximate surface area is 206 Å². The number of halogens is 3. The summed E-state index contributed by atoms with van der Waals surface area (Å²) >= 11 is 0. The first-order valence-electron chi connectivity index (χ1n) is 11.4. The lowest BCUT2D eigenvalue weighted by Gasteiger charge is -2.45. The summed E-state index contributed by atoms with van der Waals surface area (Å²) in [5, 5.41) is 9.08. The molecule has 0 spiro atoms. The fraction of sp³-hybridized carbons (Fsp3) is 0.423. The highest BCUT2D eigenvalue weighted by molar-refractivity contribution is 6.23. The number of fused-ring (bicyclic) bond motifs is 5. The minimum atomic E-state index is -4.80. The number of anilines is 1. The smallest absolute Gasteiger partial charge is 0.417 e. The second-order valence-electron chi connectivity index (χ2n) is 10.0. The van der Waals surface area contributed by atoms with Gasteiger partial charge in [0.25, 0.3) is 0 Å². The molecule has 2 aromatic carbocycles. The molecule has 0 radical (unpaired) electrons. The predicted octanol–water partition coefficient (Wildman–Crippen LogP) is 3.75. The molecule has 0 saturated carbocycles. The van der Waals surface area contributed by atoms with Crippen molar-refractivity contribution in [3.8, 4) is 11.8 Å². The average molecular weight is 499 g/mol. The summed E-state index contributed by atoms with van der Waals surface area (Å²) in [5.74, 6) is -2.13. The first-order chi connectivity index (χ1) is 16.9. The molecule has 0 aliphatic carbocycles. The largest absolute Gasteiger partial charge is 0.497 e. The van der Waals surface area contributed by atoms with Gasteiger partial charge in [-0.3, -0.25) is 14.5 Å². The molecule has 3 heterocycles. The Morgan fingerprint density at radius 3 is 2.28 bits per heavy atom. The van der Waals surface area contributed by atoms with Crippen LogP contribution in [0.2, 0.25) is 0 Å². The fourth-order valence-electron chi connectivity index (χ4n) is 6.16. The number of hydrogen-bond donors (Lipinski definition) is 0. The van der Waals surface area contributed by atoms with E-state index in [0.717, 1.165) is 22.3 Å². The second kappa shape index (κ2) is 8.05. The van der Waals surface area contributed by atoms with Gasteiger partial charge in [0.2, 0.25) is 11.8 Å². The molecule has 5 rings (SSSR count). The SMILES string of the molecule is COc1cccc(CN2C[C@@]3(C)O[C@@](C)(C2)C2C(=O)N(c4ccc(C#N)c(C(F)(F)F)c4)C(=O)[C@H]23)c1. The van der Waals surface area contributed by atoms with Gasteiger partial charge in [-0.15, -0.1) is 0 Å². The normalized spacial score (nSPS) is 29.9. The van der Waals surface area contributed by atoms with Gasteiger partial charge in [0, 0.05) is 19.6 Å². The maximum Gasteiger partial charge on any atom is 0.417 e. The Balaban J connectivity index is 1.47. The third-order valence-electron chi connectivity index (χ3n) is 7.39. The zero-order valence-electron chi connectivity index (χ0n) is 19.9. The van der Waals surface area contributed by atoms with Crippen molar-refractivity contribution in [2.45, 2.75) is 37.8 Å². The number of hydrogen-bond acceptors (Lipinski definition) is 6. The van der Waals surface area contributed by atoms with E-state index in [1.165, 1.54) is 12.1 Å². The molecule has 2 aromatic rings. The van der Waals surface area contributed by atoms with Gasteiger partial charge in [0.15, 0.2) is 0 Å². The third kappa shape index (κ3) is 3.65. The van der Waals surface area contributed by atoms with Crippen molar-refractivity contribution in [3.63, 3.8) is 0 Å². The van der Waals surface area contributed by atoms with Crippen molar-refractivity contribution in [1.82, 2.24) is 4.90 Å². The molecule has 2 amide bonds. The standard InChI is InChI=1S/C26H24F3N3O4/c1-24-13-31(12-15-5-4-6-18(9-15)35-3)14-25(2,36-24)21-20(24)22(33)32(23(21)34)17-8-7-16(11-30)19(10-17)26(27,28)29/h4-10,20-21H,12-14H2,1-3H3/t20-,21?,24+,25-/m0/s1. The highest BCUT2D eigenvalue weighted by Crippen LogP contribution is 2.55. The minimum absolute atomic E-state index is 0.191. The summed E-state index contributed by atoms with van der Waals surface area (Å²) in [6, 6.07) is 12.0. The first-order valence-corrected chi connectivity index (χ1v) is 11.4. The van der Waals surface area contributed by atoms with Crippen molar-refractivity contribution in [2.24, 2.45) is 11.8 Å². The number of likely N-dealkylation sites (tertiary alicyclic amines) is 1. The zero-order chi connectivity index (χ0) is 26.0. The van der Waals surface area contributed by atoms with E-state index in [2.05, 4.69) is 4.90 Å². The molecule has 7 nitrogen and oxygen atoms in total. The van der Waals surface area contributed by atoms with Crippen LogP contribution in [0.15, 0.2) is 42.5 Å². The number of nitrogens with zero attached hydrogens (tertiary/aromatic N) is 3. The topological polar surface area (TPSA) is 82.9 Å². The van der Waals surface area contributed by atoms with Crippen molar-refractivity contribution in [1.29, 1.82) is 5.26 Å². The number of imide groups is 1. The lowest BCUT2D eigenvalue weighted by molar-refractivity contribution is -0.170. The summed E-state index contributed by atoms with van der Waals surface area (Å²) in [6.45, 7) is 4.86. The molecule has 3 fully saturated rings. The van der Waals surface area contributed by atoms with Gasteiger partial charge < -0.3 is 9.47 Å². The van der Waals surface area contributed by atoms with E-state index in [1.807, 2.05) is 24.3 Å². The molecule has 3 aliphatic rings. The van der Waals surface area contributed by atoms with E-state index >= 15 is 0 Å². The summed E-state index contributed by atoms with van der Waals surface area (Å²) in [4.78, 5) is 30.2.